The topological polar surface area (TPSA) is 128 Å². The number of carbonyl (C=O) groups is 1. The fourth-order valence-electron chi connectivity index (χ4n) is 5.75. The number of benzene rings is 1. The molecule has 5 heterocycles. The number of nitrogens with one attached hydrogen (secondary N) is 2. The van der Waals surface area contributed by atoms with Crippen LogP contribution in [0.4, 0.5) is 5.69 Å². The molecule has 2 saturated heterocycles. The summed E-state index contributed by atoms with van der Waals surface area (Å²) in [6.07, 6.45) is 4.88. The van der Waals surface area contributed by atoms with Crippen LogP contribution in [-0.4, -0.2) is 71.4 Å². The Balaban J connectivity index is 1.28. The number of rotatable bonds is 8. The van der Waals surface area contributed by atoms with Crippen molar-refractivity contribution < 1.29 is 23.7 Å². The maximum Gasteiger partial charge on any atom is 0.332 e. The van der Waals surface area contributed by atoms with Crippen molar-refractivity contribution in [2.45, 2.75) is 50.3 Å². The van der Waals surface area contributed by atoms with Crippen LogP contribution in [0.2, 0.25) is 0 Å². The number of H-pyrrole nitrogens is 1. The van der Waals surface area contributed by atoms with Gasteiger partial charge in [-0.2, -0.15) is 0 Å². The summed E-state index contributed by atoms with van der Waals surface area (Å²) < 4.78 is 22.3. The molecule has 2 N–H and O–H groups in total. The lowest BCUT2D eigenvalue weighted by atomic mass is 9.76. The molecule has 11 heteroatoms. The minimum Gasteiger partial charge on any atom is -0.493 e. The molecule has 0 unspecified atom stereocenters. The molecule has 1 aliphatic carbocycles. The van der Waals surface area contributed by atoms with Crippen LogP contribution >= 0.6 is 0 Å². The number of pyridine rings is 1. The molecule has 0 atom stereocenters. The van der Waals surface area contributed by atoms with E-state index in [1.807, 2.05) is 12.1 Å². The van der Waals surface area contributed by atoms with E-state index in [1.54, 1.807) is 26.4 Å². The molecule has 0 radical (unpaired) electrons. The summed E-state index contributed by atoms with van der Waals surface area (Å²) in [5.41, 5.74) is 2.81. The number of nitrogens with zero attached hydrogens (tertiary/aromatic N) is 3. The second-order valence-corrected chi connectivity index (χ2v) is 10.1. The van der Waals surface area contributed by atoms with Gasteiger partial charge in [0.15, 0.2) is 11.5 Å². The average Bonchev–Trinajstić information content (AvgIpc) is 2.95. The predicted octanol–water partition coefficient (Wildman–Crippen LogP) is 2.42. The highest BCUT2D eigenvalue weighted by Crippen LogP contribution is 2.41. The third kappa shape index (κ3) is 4.56. The summed E-state index contributed by atoms with van der Waals surface area (Å²) in [6, 6.07) is 7.34. The first-order valence-electron chi connectivity index (χ1n) is 12.9. The number of fused-ring (bicyclic) bond motifs is 5. The van der Waals surface area contributed by atoms with Crippen molar-refractivity contribution in [1.29, 1.82) is 0 Å². The van der Waals surface area contributed by atoms with E-state index >= 15 is 0 Å². The van der Waals surface area contributed by atoms with Gasteiger partial charge in [0.2, 0.25) is 5.88 Å². The number of hydrogen-bond donors (Lipinski definition) is 2. The summed E-state index contributed by atoms with van der Waals surface area (Å²) in [4.78, 5) is 39.4. The fourth-order valence-corrected chi connectivity index (χ4v) is 5.75. The molecule has 2 aromatic heterocycles. The molecule has 200 valence electrons. The SMILES string of the molecule is COc1cc2nc(CCN(Cc3ccc4c(n3)OC(=O)CN4)C34CCC(CC3)OC4)c(=O)[nH]c2cc1OC. The fraction of sp³-hybridized carbons (Fsp3) is 0.481. The Kier molecular flexibility index (Phi) is 6.40. The number of aromatic nitrogens is 3. The van der Waals surface area contributed by atoms with Gasteiger partial charge in [0.1, 0.15) is 12.2 Å². The van der Waals surface area contributed by atoms with Crippen LogP contribution in [0, 0.1) is 0 Å². The van der Waals surface area contributed by atoms with Gasteiger partial charge in [-0.3, -0.25) is 9.69 Å². The van der Waals surface area contributed by atoms with Crippen LogP contribution in [0.5, 0.6) is 17.4 Å². The second-order valence-electron chi connectivity index (χ2n) is 10.1. The van der Waals surface area contributed by atoms with E-state index in [2.05, 4.69) is 25.2 Å². The Morgan fingerprint density at radius 1 is 1.11 bits per heavy atom. The molecule has 4 aliphatic rings. The van der Waals surface area contributed by atoms with E-state index in [-0.39, 0.29) is 23.6 Å². The number of esters is 1. The van der Waals surface area contributed by atoms with E-state index in [4.69, 9.17) is 18.9 Å². The quantitative estimate of drug-likeness (QED) is 0.427. The van der Waals surface area contributed by atoms with Gasteiger partial charge in [0.05, 0.1) is 49.3 Å². The van der Waals surface area contributed by atoms with Crippen LogP contribution in [0.3, 0.4) is 0 Å². The maximum absolute atomic E-state index is 13.0. The summed E-state index contributed by atoms with van der Waals surface area (Å²) in [6.45, 7) is 1.92. The normalized spacial score (nSPS) is 22.2. The summed E-state index contributed by atoms with van der Waals surface area (Å²) in [5, 5.41) is 3.03. The Hall–Kier alpha value is -3.70. The Bertz CT molecular complexity index is 1420. The molecule has 3 fully saturated rings. The smallest absolute Gasteiger partial charge is 0.332 e. The van der Waals surface area contributed by atoms with Crippen LogP contribution in [0.1, 0.15) is 37.1 Å². The third-order valence-corrected chi connectivity index (χ3v) is 7.91. The Morgan fingerprint density at radius 3 is 2.63 bits per heavy atom. The van der Waals surface area contributed by atoms with Crippen LogP contribution in [0.25, 0.3) is 11.0 Å². The highest BCUT2D eigenvalue weighted by atomic mass is 16.5. The van der Waals surface area contributed by atoms with E-state index in [0.717, 1.165) is 31.4 Å². The van der Waals surface area contributed by atoms with E-state index in [1.165, 1.54) is 0 Å². The van der Waals surface area contributed by atoms with Crippen molar-refractivity contribution in [3.63, 3.8) is 0 Å². The average molecular weight is 522 g/mol. The van der Waals surface area contributed by atoms with E-state index in [9.17, 15) is 9.59 Å². The summed E-state index contributed by atoms with van der Waals surface area (Å²) in [7, 11) is 3.12. The number of ether oxygens (including phenoxy) is 4. The first-order valence-corrected chi connectivity index (χ1v) is 12.9. The lowest BCUT2D eigenvalue weighted by Crippen LogP contribution is -2.59. The lowest BCUT2D eigenvalue weighted by Gasteiger charge is -2.52. The van der Waals surface area contributed by atoms with Gasteiger partial charge >= 0.3 is 5.97 Å². The largest absolute Gasteiger partial charge is 0.493 e. The second kappa shape index (κ2) is 9.88. The zero-order valence-corrected chi connectivity index (χ0v) is 21.5. The van der Waals surface area contributed by atoms with Crippen LogP contribution < -0.4 is 25.1 Å². The Morgan fingerprint density at radius 2 is 1.89 bits per heavy atom. The molecule has 7 rings (SSSR count). The van der Waals surface area contributed by atoms with Gasteiger partial charge < -0.3 is 29.2 Å². The van der Waals surface area contributed by atoms with Gasteiger partial charge in [-0.25, -0.2) is 14.8 Å². The molecule has 1 aromatic carbocycles. The minimum atomic E-state index is -0.354. The van der Waals surface area contributed by atoms with Crippen molar-refractivity contribution >= 4 is 22.7 Å². The van der Waals surface area contributed by atoms with Gasteiger partial charge in [-0.1, -0.05) is 0 Å². The van der Waals surface area contributed by atoms with Crippen molar-refractivity contribution in [2.24, 2.45) is 0 Å². The number of methoxy groups -OCH3 is 2. The number of carbonyl (C=O) groups excluding carboxylic acids is 1. The summed E-state index contributed by atoms with van der Waals surface area (Å²) in [5.74, 6) is 1.03. The highest BCUT2D eigenvalue weighted by molar-refractivity contribution is 5.82. The van der Waals surface area contributed by atoms with Crippen molar-refractivity contribution in [2.75, 3.05) is 39.2 Å². The van der Waals surface area contributed by atoms with Crippen LogP contribution in [0.15, 0.2) is 29.1 Å². The van der Waals surface area contributed by atoms with Crippen molar-refractivity contribution in [3.8, 4) is 17.4 Å². The van der Waals surface area contributed by atoms with Gasteiger partial charge in [-0.15, -0.1) is 0 Å². The minimum absolute atomic E-state index is 0.133. The van der Waals surface area contributed by atoms with Gasteiger partial charge in [-0.05, 0) is 37.8 Å². The maximum atomic E-state index is 13.0. The summed E-state index contributed by atoms with van der Waals surface area (Å²) >= 11 is 0. The number of hydrogen-bond acceptors (Lipinski definition) is 10. The molecule has 3 aromatic rings. The van der Waals surface area contributed by atoms with Gasteiger partial charge in [0, 0.05) is 37.2 Å². The predicted molar refractivity (Wildman–Crippen MR) is 139 cm³/mol. The highest BCUT2D eigenvalue weighted by Gasteiger charge is 2.45. The molecule has 11 nitrogen and oxygen atoms in total. The number of aromatic amines is 1. The monoisotopic (exact) mass is 521 g/mol. The molecular weight excluding hydrogens is 490 g/mol. The zero-order valence-electron chi connectivity index (χ0n) is 21.5. The first kappa shape index (κ1) is 24.6. The van der Waals surface area contributed by atoms with Gasteiger partial charge in [0.25, 0.3) is 5.56 Å². The van der Waals surface area contributed by atoms with E-state index < -0.39 is 0 Å². The molecule has 0 amide bonds. The first-order chi connectivity index (χ1) is 18.5. The molecule has 0 spiro atoms. The van der Waals surface area contributed by atoms with Crippen LogP contribution in [-0.2, 0) is 22.5 Å². The van der Waals surface area contributed by atoms with Crippen molar-refractivity contribution in [3.05, 3.63) is 46.0 Å². The molecule has 1 saturated carbocycles. The molecular formula is C27H31N5O6. The standard InChI is InChI=1S/C27H31N5O6/c1-35-22-11-20-21(12-23(22)36-2)31-25(34)18(30-20)7-10-32(27-8-5-17(6-9-27)37-15-27)14-16-3-4-19-26(29-16)38-24(33)13-28-19/h3-4,11-12,17,28H,5-10,13-15H2,1-2H3,(H,31,34). The lowest BCUT2D eigenvalue weighted by molar-refractivity contribution is -0.138. The van der Waals surface area contributed by atoms with E-state index in [0.29, 0.717) is 72.0 Å². The molecule has 38 heavy (non-hydrogen) atoms. The van der Waals surface area contributed by atoms with Crippen molar-refractivity contribution in [1.82, 2.24) is 19.9 Å². The zero-order chi connectivity index (χ0) is 26.3. The molecule has 2 bridgehead atoms. The third-order valence-electron chi connectivity index (χ3n) is 7.91. The Labute approximate surface area is 219 Å². The molecule has 3 aliphatic heterocycles. The number of anilines is 1.